The lowest BCUT2D eigenvalue weighted by Gasteiger charge is -2.31. The van der Waals surface area contributed by atoms with E-state index in [2.05, 4.69) is 26.6 Å². The summed E-state index contributed by atoms with van der Waals surface area (Å²) in [7, 11) is 0. The number of hydrogen-bond acceptors (Lipinski definition) is 15. The fourth-order valence-electron chi connectivity index (χ4n) is 9.41. The number of hydrogen-bond donors (Lipinski definition) is 7. The highest BCUT2D eigenvalue weighted by atomic mass is 16.7. The maximum atomic E-state index is 13.9. The highest BCUT2D eigenvalue weighted by Gasteiger charge is 2.45. The second kappa shape index (κ2) is 22.8. The van der Waals surface area contributed by atoms with E-state index in [1.807, 2.05) is 0 Å². The molecule has 0 saturated heterocycles. The predicted molar refractivity (Wildman–Crippen MR) is 267 cm³/mol. The van der Waals surface area contributed by atoms with Crippen LogP contribution in [0.3, 0.4) is 0 Å². The van der Waals surface area contributed by atoms with Crippen LogP contribution in [0.4, 0.5) is 15.3 Å². The lowest BCUT2D eigenvalue weighted by Crippen LogP contribution is -2.54. The van der Waals surface area contributed by atoms with E-state index >= 15 is 0 Å². The number of esters is 1. The summed E-state index contributed by atoms with van der Waals surface area (Å²) in [6.45, 7) is 5.25. The van der Waals surface area contributed by atoms with Gasteiger partial charge in [-0.15, -0.1) is 0 Å². The Morgan fingerprint density at radius 2 is 1.60 bits per heavy atom. The molecule has 4 aliphatic heterocycles. The third-order valence-electron chi connectivity index (χ3n) is 13.6. The van der Waals surface area contributed by atoms with Crippen LogP contribution in [0.2, 0.25) is 0 Å². The molecular weight excluding hydrogens is 975 g/mol. The van der Waals surface area contributed by atoms with E-state index in [-0.39, 0.29) is 100 Å². The number of carbonyl (C=O) groups is 8. The Bertz CT molecular complexity index is 3030. The van der Waals surface area contributed by atoms with Crippen LogP contribution >= 0.6 is 0 Å². The molecule has 4 aromatic rings. The van der Waals surface area contributed by atoms with Crippen molar-refractivity contribution < 1.29 is 62.4 Å². The molecule has 0 fully saturated rings. The van der Waals surface area contributed by atoms with Gasteiger partial charge in [-0.25, -0.2) is 19.4 Å². The molecule has 8 rings (SSSR count). The summed E-state index contributed by atoms with van der Waals surface area (Å²) < 4.78 is 23.6. The molecule has 396 valence electrons. The van der Waals surface area contributed by atoms with Crippen LogP contribution < -0.4 is 47.4 Å². The fourth-order valence-corrected chi connectivity index (χ4v) is 9.41. The van der Waals surface area contributed by atoms with Gasteiger partial charge in [0.2, 0.25) is 24.5 Å². The molecule has 2 aromatic heterocycles. The van der Waals surface area contributed by atoms with E-state index in [0.29, 0.717) is 88.3 Å². The van der Waals surface area contributed by atoms with E-state index < -0.39 is 53.2 Å². The van der Waals surface area contributed by atoms with Crippen LogP contribution in [-0.2, 0) is 70.1 Å². The average Bonchev–Trinajstić information content (AvgIpc) is 4.10. The normalized spacial score (nSPS) is 16.7. The number of unbranched alkanes of at least 4 members (excludes halogenated alkanes) is 3. The van der Waals surface area contributed by atoms with Crippen LogP contribution in [0.15, 0.2) is 59.4 Å². The molecular formula is C52H59N9O14. The largest absolute Gasteiger partial charge is 0.458 e. The highest BCUT2D eigenvalue weighted by Crippen LogP contribution is 2.43. The lowest BCUT2D eigenvalue weighted by atomic mass is 9.86. The van der Waals surface area contributed by atoms with Crippen molar-refractivity contribution >= 4 is 64.2 Å². The van der Waals surface area contributed by atoms with Gasteiger partial charge in [0.15, 0.2) is 17.1 Å². The van der Waals surface area contributed by atoms with Crippen LogP contribution in [-0.4, -0.2) is 99.2 Å². The minimum Gasteiger partial charge on any atom is -0.458 e. The Balaban J connectivity index is 0.882. The van der Waals surface area contributed by atoms with Crippen LogP contribution in [0.5, 0.6) is 11.5 Å². The molecule has 23 nitrogen and oxygen atoms in total. The van der Waals surface area contributed by atoms with Crippen molar-refractivity contribution in [2.24, 2.45) is 11.7 Å². The number of anilines is 1. The SMILES string of the molecule is CC[C@@]1(O)C(=O)OCc2c1cc1n(c2=O)Cc2c-1nc1cc3c(cc1c2CNC(=O)OCc1ccc(NC(=O)[C@H](CCCCNC(N)=O)NC(=O)C(NC(=O)CCCCCN2C(=O)C=CC2=O)C(C)C)cc1)OCO3. The minimum absolute atomic E-state index is 0.00751. The van der Waals surface area contributed by atoms with E-state index in [9.17, 15) is 48.3 Å². The Morgan fingerprint density at radius 1 is 0.867 bits per heavy atom. The monoisotopic (exact) mass is 1030 g/mol. The van der Waals surface area contributed by atoms with Gasteiger partial charge in [-0.2, -0.15) is 0 Å². The van der Waals surface area contributed by atoms with Crippen molar-refractivity contribution in [3.8, 4) is 22.9 Å². The number of nitrogens with two attached hydrogens (primary N) is 1. The van der Waals surface area contributed by atoms with E-state index in [1.54, 1.807) is 63.2 Å². The number of nitrogens with one attached hydrogen (secondary N) is 5. The Kier molecular flexibility index (Phi) is 16.1. The number of amides is 8. The summed E-state index contributed by atoms with van der Waals surface area (Å²) in [4.78, 5) is 121. The van der Waals surface area contributed by atoms with Gasteiger partial charge in [0.05, 0.1) is 29.0 Å². The fraction of sp³-hybridized carbons (Fsp3) is 0.423. The molecule has 2 aromatic carbocycles. The first kappa shape index (κ1) is 53.0. The number of fused-ring (bicyclic) bond motifs is 6. The summed E-state index contributed by atoms with van der Waals surface area (Å²) in [5, 5.41) is 25.7. The van der Waals surface area contributed by atoms with Gasteiger partial charge in [0, 0.05) is 66.5 Å². The molecule has 6 heterocycles. The van der Waals surface area contributed by atoms with Gasteiger partial charge < -0.3 is 60.9 Å². The van der Waals surface area contributed by atoms with E-state index in [0.717, 1.165) is 4.90 Å². The molecule has 8 amide bonds. The predicted octanol–water partition coefficient (Wildman–Crippen LogP) is 3.12. The van der Waals surface area contributed by atoms with Gasteiger partial charge in [0.1, 0.15) is 25.3 Å². The lowest BCUT2D eigenvalue weighted by molar-refractivity contribution is -0.172. The number of aliphatic hydroxyl groups is 1. The van der Waals surface area contributed by atoms with Crippen molar-refractivity contribution in [2.75, 3.05) is 25.2 Å². The van der Waals surface area contributed by atoms with E-state index in [4.69, 9.17) is 29.7 Å². The molecule has 8 N–H and O–H groups in total. The summed E-state index contributed by atoms with van der Waals surface area (Å²) in [6.07, 6.45) is 4.38. The Labute approximate surface area is 429 Å². The van der Waals surface area contributed by atoms with Gasteiger partial charge in [-0.1, -0.05) is 39.3 Å². The Hall–Kier alpha value is -8.34. The van der Waals surface area contributed by atoms with Crippen molar-refractivity contribution in [3.63, 3.8) is 0 Å². The van der Waals surface area contributed by atoms with Gasteiger partial charge in [-0.3, -0.25) is 33.7 Å². The zero-order valence-electron chi connectivity index (χ0n) is 41.7. The number of cyclic esters (lactones) is 1. The summed E-state index contributed by atoms with van der Waals surface area (Å²) in [5.41, 5.74) is 6.60. The number of carbonyl (C=O) groups excluding carboxylic acids is 8. The average molecular weight is 1030 g/mol. The van der Waals surface area contributed by atoms with Crippen LogP contribution in [0.25, 0.3) is 22.3 Å². The molecule has 0 spiro atoms. The molecule has 0 radical (unpaired) electrons. The number of primary amides is 1. The number of nitrogens with zero attached hydrogens (tertiary/aromatic N) is 3. The standard InChI is InChI=1S/C52H59N9O14/c1-4-52(71)35-21-38-45-33(24-61(38)48(67)34(35)26-72-49(52)68)32(31-20-39-40(75-27-74-39)22-37(31)57-45)23-55-51(70)73-25-29-12-14-30(15-13-29)56-46(65)36(10-7-8-18-54-50(53)69)58-47(66)44(28(2)3)59-41(62)11-6-5-9-19-60-42(63)16-17-43(60)64/h12-17,20-22,28,36,44,71H,4-11,18-19,23-27H2,1-3H3,(H,55,70)(H,56,65)(H,58,66)(H,59,62)(H3,53,54,69)/t36-,44?,52-/m0/s1. The van der Waals surface area contributed by atoms with Crippen molar-refractivity contribution in [1.82, 2.24) is 35.7 Å². The smallest absolute Gasteiger partial charge is 0.407 e. The first-order valence-corrected chi connectivity index (χ1v) is 24.8. The van der Waals surface area contributed by atoms with Crippen molar-refractivity contribution in [2.45, 2.75) is 116 Å². The molecule has 3 atom stereocenters. The number of ether oxygens (including phenoxy) is 4. The maximum Gasteiger partial charge on any atom is 0.407 e. The number of urea groups is 1. The summed E-state index contributed by atoms with van der Waals surface area (Å²) in [5.74, 6) is -2.44. The third kappa shape index (κ3) is 11.7. The first-order valence-electron chi connectivity index (χ1n) is 24.8. The molecule has 4 aliphatic rings. The number of imide groups is 1. The van der Waals surface area contributed by atoms with Gasteiger partial charge in [-0.05, 0) is 79.8 Å². The van der Waals surface area contributed by atoms with E-state index in [1.165, 1.54) is 16.7 Å². The molecule has 0 bridgehead atoms. The quantitative estimate of drug-likeness (QED) is 0.0298. The second-order valence-corrected chi connectivity index (χ2v) is 19.0. The summed E-state index contributed by atoms with van der Waals surface area (Å²) in [6, 6.07) is 8.89. The second-order valence-electron chi connectivity index (χ2n) is 19.0. The minimum atomic E-state index is -2.02. The number of alkyl carbamates (subject to hydrolysis) is 1. The van der Waals surface area contributed by atoms with Crippen molar-refractivity contribution in [1.29, 1.82) is 0 Å². The topological polar surface area (TPSA) is 318 Å². The summed E-state index contributed by atoms with van der Waals surface area (Å²) >= 11 is 0. The zero-order valence-corrected chi connectivity index (χ0v) is 41.7. The van der Waals surface area contributed by atoms with Gasteiger partial charge >= 0.3 is 18.1 Å². The molecule has 75 heavy (non-hydrogen) atoms. The molecule has 23 heteroatoms. The molecule has 0 aliphatic carbocycles. The maximum absolute atomic E-state index is 13.9. The molecule has 1 unspecified atom stereocenters. The van der Waals surface area contributed by atoms with Crippen LogP contribution in [0, 0.1) is 5.92 Å². The zero-order chi connectivity index (χ0) is 53.6. The Morgan fingerprint density at radius 3 is 2.31 bits per heavy atom. The van der Waals surface area contributed by atoms with Crippen molar-refractivity contribution in [3.05, 3.63) is 92.8 Å². The number of rotatable bonds is 22. The third-order valence-corrected chi connectivity index (χ3v) is 13.6. The molecule has 0 saturated carbocycles. The van der Waals surface area contributed by atoms with Gasteiger partial charge in [0.25, 0.3) is 17.4 Å². The number of benzene rings is 2. The number of pyridine rings is 2. The highest BCUT2D eigenvalue weighted by molar-refractivity contribution is 6.12. The number of aromatic nitrogens is 2. The first-order chi connectivity index (χ1) is 35.9. The van der Waals surface area contributed by atoms with Crippen LogP contribution in [0.1, 0.15) is 100.0 Å².